The molecule has 0 saturated carbocycles. The molecule has 2 N–H and O–H groups in total. The molecule has 42 heavy (non-hydrogen) atoms. The predicted octanol–water partition coefficient (Wildman–Crippen LogP) is 5.13. The number of pyridine rings is 1. The zero-order valence-corrected chi connectivity index (χ0v) is 23.2. The summed E-state index contributed by atoms with van der Waals surface area (Å²) in [5, 5.41) is 5.61. The molecule has 0 spiro atoms. The maximum atomic E-state index is 12.6. The first-order valence-electron chi connectivity index (χ1n) is 13.5. The zero-order valence-electron chi connectivity index (χ0n) is 23.2. The highest BCUT2D eigenvalue weighted by molar-refractivity contribution is 6.00. The number of anilines is 3. The van der Waals surface area contributed by atoms with Crippen LogP contribution in [0, 0.1) is 0 Å². The topological polar surface area (TPSA) is 126 Å². The number of hydrogen-bond acceptors (Lipinski definition) is 8. The molecule has 0 aliphatic carbocycles. The summed E-state index contributed by atoms with van der Waals surface area (Å²) in [6, 6.07) is 19.3. The number of furan rings is 1. The maximum Gasteiger partial charge on any atom is 0.323 e. The van der Waals surface area contributed by atoms with Crippen LogP contribution in [0.25, 0.3) is 33.7 Å². The molecule has 0 bridgehead atoms. The van der Waals surface area contributed by atoms with E-state index in [1.807, 2.05) is 30.3 Å². The number of rotatable bonds is 6. The summed E-state index contributed by atoms with van der Waals surface area (Å²) in [5.41, 5.74) is 4.76. The summed E-state index contributed by atoms with van der Waals surface area (Å²) >= 11 is 0. The average molecular weight is 564 g/mol. The van der Waals surface area contributed by atoms with Crippen LogP contribution in [0.15, 0.2) is 83.6 Å². The lowest BCUT2D eigenvalue weighted by molar-refractivity contribution is 0.0827. The largest absolute Gasteiger partial charge is 0.464 e. The van der Waals surface area contributed by atoms with E-state index in [4.69, 9.17) is 24.1 Å². The van der Waals surface area contributed by atoms with E-state index in [-0.39, 0.29) is 5.91 Å². The fourth-order valence-electron chi connectivity index (χ4n) is 4.66. The van der Waals surface area contributed by atoms with Crippen LogP contribution < -0.4 is 15.5 Å². The lowest BCUT2D eigenvalue weighted by atomic mass is 10.1. The number of urea groups is 1. The van der Waals surface area contributed by atoms with E-state index in [1.165, 1.54) is 4.90 Å². The minimum Gasteiger partial charge on any atom is -0.464 e. The van der Waals surface area contributed by atoms with Gasteiger partial charge in [0.1, 0.15) is 11.3 Å². The maximum absolute atomic E-state index is 12.6. The van der Waals surface area contributed by atoms with Crippen LogP contribution in [-0.2, 0) is 4.74 Å². The van der Waals surface area contributed by atoms with Gasteiger partial charge < -0.3 is 29.6 Å². The van der Waals surface area contributed by atoms with Crippen molar-refractivity contribution in [3.63, 3.8) is 0 Å². The van der Waals surface area contributed by atoms with Crippen molar-refractivity contribution in [2.45, 2.75) is 0 Å². The van der Waals surface area contributed by atoms with E-state index in [0.29, 0.717) is 65.9 Å². The first-order valence-corrected chi connectivity index (χ1v) is 13.5. The molecule has 1 aliphatic rings. The fourth-order valence-corrected chi connectivity index (χ4v) is 4.66. The van der Waals surface area contributed by atoms with Crippen molar-refractivity contribution >= 4 is 40.2 Å². The number of ether oxygens (including phenoxy) is 1. The molecule has 11 nitrogen and oxygen atoms in total. The third-order valence-electron chi connectivity index (χ3n) is 6.83. The molecule has 0 atom stereocenters. The van der Waals surface area contributed by atoms with Gasteiger partial charge in [-0.3, -0.25) is 4.79 Å². The molecule has 2 aromatic carbocycles. The van der Waals surface area contributed by atoms with Crippen molar-refractivity contribution in [1.29, 1.82) is 0 Å². The van der Waals surface area contributed by atoms with Gasteiger partial charge in [-0.1, -0.05) is 0 Å². The normalized spacial score (nSPS) is 13.1. The van der Waals surface area contributed by atoms with E-state index in [0.717, 1.165) is 16.9 Å². The van der Waals surface area contributed by atoms with Gasteiger partial charge in [-0.05, 0) is 66.7 Å². The standard InChI is InChI=1S/C31H29N7O4/c1-37(2)30(39)21-7-11-24(12-8-21)34-31(40)33-23-9-5-20(6-10-23)28-35-25-18-22(26-4-3-15-42-26)19-32-27(25)29(36-28)38-13-16-41-17-14-38/h3-12,15,18-19H,13-14,16-17H2,1-2H3,(H2,33,34,40). The molecular weight excluding hydrogens is 534 g/mol. The Bertz CT molecular complexity index is 1710. The smallest absolute Gasteiger partial charge is 0.323 e. The van der Waals surface area contributed by atoms with Crippen LogP contribution in [0.2, 0.25) is 0 Å². The summed E-state index contributed by atoms with van der Waals surface area (Å²) in [5.74, 6) is 1.91. The number of hydrogen-bond donors (Lipinski definition) is 2. The van der Waals surface area contributed by atoms with Crippen molar-refractivity contribution in [2.75, 3.05) is 55.9 Å². The van der Waals surface area contributed by atoms with Gasteiger partial charge in [0.25, 0.3) is 5.91 Å². The highest BCUT2D eigenvalue weighted by Crippen LogP contribution is 2.30. The van der Waals surface area contributed by atoms with Crippen LogP contribution >= 0.6 is 0 Å². The lowest BCUT2D eigenvalue weighted by Gasteiger charge is -2.28. The Kier molecular flexibility index (Phi) is 7.48. The quantitative estimate of drug-likeness (QED) is 0.291. The fraction of sp³-hybridized carbons (Fsp3) is 0.194. The van der Waals surface area contributed by atoms with Crippen molar-refractivity contribution in [3.8, 4) is 22.7 Å². The van der Waals surface area contributed by atoms with Crippen LogP contribution in [0.4, 0.5) is 22.0 Å². The van der Waals surface area contributed by atoms with E-state index in [1.54, 1.807) is 63.0 Å². The Morgan fingerprint density at radius 2 is 1.57 bits per heavy atom. The Hall–Kier alpha value is -5.29. The second kappa shape index (κ2) is 11.7. The number of aromatic nitrogens is 3. The van der Waals surface area contributed by atoms with Crippen molar-refractivity contribution in [3.05, 3.63) is 84.8 Å². The molecule has 3 aromatic heterocycles. The average Bonchev–Trinajstić information content (AvgIpc) is 3.56. The van der Waals surface area contributed by atoms with Crippen LogP contribution in [0.5, 0.6) is 0 Å². The number of nitrogens with zero attached hydrogens (tertiary/aromatic N) is 5. The first kappa shape index (κ1) is 26.9. The minimum atomic E-state index is -0.400. The number of fused-ring (bicyclic) bond motifs is 1. The Morgan fingerprint density at radius 1 is 0.881 bits per heavy atom. The van der Waals surface area contributed by atoms with Crippen molar-refractivity contribution in [1.82, 2.24) is 19.9 Å². The minimum absolute atomic E-state index is 0.104. The summed E-state index contributed by atoms with van der Waals surface area (Å²) in [6.07, 6.45) is 3.40. The second-order valence-electron chi connectivity index (χ2n) is 9.97. The third kappa shape index (κ3) is 5.77. The van der Waals surface area contributed by atoms with Gasteiger partial charge >= 0.3 is 6.03 Å². The molecule has 0 radical (unpaired) electrons. The molecule has 3 amide bonds. The predicted molar refractivity (Wildman–Crippen MR) is 161 cm³/mol. The van der Waals surface area contributed by atoms with Crippen LogP contribution in [0.3, 0.4) is 0 Å². The molecule has 6 rings (SSSR count). The number of amides is 3. The third-order valence-corrected chi connectivity index (χ3v) is 6.83. The molecule has 5 aromatic rings. The van der Waals surface area contributed by atoms with Gasteiger partial charge in [-0.2, -0.15) is 0 Å². The number of morpholine rings is 1. The zero-order chi connectivity index (χ0) is 29.1. The highest BCUT2D eigenvalue weighted by Gasteiger charge is 2.20. The lowest BCUT2D eigenvalue weighted by Crippen LogP contribution is -2.37. The molecule has 0 unspecified atom stereocenters. The van der Waals surface area contributed by atoms with Gasteiger partial charge in [0.2, 0.25) is 0 Å². The monoisotopic (exact) mass is 563 g/mol. The SMILES string of the molecule is CN(C)C(=O)c1ccc(NC(=O)Nc2ccc(-c3nc(N4CCOCC4)c4ncc(-c5ccco5)cc4n3)cc2)cc1. The Labute approximate surface area is 242 Å². The Balaban J connectivity index is 1.22. The van der Waals surface area contributed by atoms with E-state index >= 15 is 0 Å². The molecule has 212 valence electrons. The summed E-state index contributed by atoms with van der Waals surface area (Å²) in [7, 11) is 3.38. The van der Waals surface area contributed by atoms with Gasteiger partial charge in [-0.25, -0.2) is 19.7 Å². The number of carbonyl (C=O) groups excluding carboxylic acids is 2. The Morgan fingerprint density at radius 3 is 2.21 bits per heavy atom. The number of carbonyl (C=O) groups is 2. The van der Waals surface area contributed by atoms with Gasteiger partial charge in [-0.15, -0.1) is 0 Å². The molecular formula is C31H29N7O4. The van der Waals surface area contributed by atoms with Gasteiger partial charge in [0.15, 0.2) is 11.6 Å². The van der Waals surface area contributed by atoms with Crippen LogP contribution in [0.1, 0.15) is 10.4 Å². The highest BCUT2D eigenvalue weighted by atomic mass is 16.5. The second-order valence-corrected chi connectivity index (χ2v) is 9.97. The van der Waals surface area contributed by atoms with E-state index < -0.39 is 6.03 Å². The van der Waals surface area contributed by atoms with Crippen molar-refractivity contribution in [2.24, 2.45) is 0 Å². The molecule has 11 heteroatoms. The summed E-state index contributed by atoms with van der Waals surface area (Å²) in [4.78, 5) is 42.8. The van der Waals surface area contributed by atoms with E-state index in [9.17, 15) is 9.59 Å². The number of nitrogens with one attached hydrogen (secondary N) is 2. The molecule has 4 heterocycles. The van der Waals surface area contributed by atoms with Crippen LogP contribution in [-0.4, -0.2) is 72.2 Å². The van der Waals surface area contributed by atoms with Gasteiger partial charge in [0, 0.05) is 61.4 Å². The van der Waals surface area contributed by atoms with Crippen molar-refractivity contribution < 1.29 is 18.7 Å². The summed E-state index contributed by atoms with van der Waals surface area (Å²) < 4.78 is 11.1. The van der Waals surface area contributed by atoms with Gasteiger partial charge in [0.05, 0.1) is 25.0 Å². The molecule has 1 fully saturated rings. The first-order chi connectivity index (χ1) is 20.4. The number of benzene rings is 2. The molecule has 1 aliphatic heterocycles. The summed E-state index contributed by atoms with van der Waals surface area (Å²) in [6.45, 7) is 2.65. The van der Waals surface area contributed by atoms with E-state index in [2.05, 4.69) is 15.5 Å². The molecule has 1 saturated heterocycles.